The van der Waals surface area contributed by atoms with Gasteiger partial charge in [-0.05, 0) is 36.0 Å². The summed E-state index contributed by atoms with van der Waals surface area (Å²) >= 11 is 7.07. The molecule has 3 N–H and O–H groups in total. The lowest BCUT2D eigenvalue weighted by atomic mass is 10.1. The van der Waals surface area contributed by atoms with E-state index in [0.717, 1.165) is 11.8 Å². The van der Waals surface area contributed by atoms with Crippen LogP contribution in [-0.2, 0) is 10.0 Å². The Morgan fingerprint density at radius 3 is 2.57 bits per heavy atom. The number of fused-ring (bicyclic) bond motifs is 1. The van der Waals surface area contributed by atoms with Gasteiger partial charge >= 0.3 is 0 Å². The maximum absolute atomic E-state index is 12.8. The van der Waals surface area contributed by atoms with Gasteiger partial charge in [-0.25, -0.2) is 13.4 Å². The normalized spacial score (nSPS) is 11.6. The number of sulfonamides is 1. The molecule has 4 rings (SSSR count). The first kappa shape index (κ1) is 18.6. The number of hydrogen-bond donors (Lipinski definition) is 3. The van der Waals surface area contributed by atoms with Crippen molar-refractivity contribution in [2.24, 2.45) is 0 Å². The van der Waals surface area contributed by atoms with Gasteiger partial charge in [0.25, 0.3) is 10.0 Å². The van der Waals surface area contributed by atoms with E-state index in [0.29, 0.717) is 31.5 Å². The van der Waals surface area contributed by atoms with Gasteiger partial charge in [0.05, 0.1) is 15.5 Å². The van der Waals surface area contributed by atoms with Crippen molar-refractivity contribution in [1.29, 1.82) is 0 Å². The number of halogens is 1. The number of nitrogens with zero attached hydrogens (tertiary/aromatic N) is 2. The molecule has 0 fully saturated rings. The number of phenolic OH excluding ortho intramolecular Hbond substituents is 1. The van der Waals surface area contributed by atoms with E-state index in [1.54, 1.807) is 42.5 Å². The number of anilines is 1. The van der Waals surface area contributed by atoms with E-state index in [1.807, 2.05) is 0 Å². The number of aromatic amines is 1. The highest BCUT2D eigenvalue weighted by atomic mass is 35.5. The van der Waals surface area contributed by atoms with E-state index in [1.165, 1.54) is 18.5 Å². The number of aromatic hydroxyl groups is 1. The van der Waals surface area contributed by atoms with Crippen LogP contribution in [0.5, 0.6) is 5.75 Å². The number of benzene rings is 3. The fourth-order valence-corrected chi connectivity index (χ4v) is 4.84. The van der Waals surface area contributed by atoms with Gasteiger partial charge < -0.3 is 5.11 Å². The summed E-state index contributed by atoms with van der Waals surface area (Å²) in [6, 6.07) is 14.5. The first-order chi connectivity index (χ1) is 13.4. The molecule has 10 heteroatoms. The van der Waals surface area contributed by atoms with Gasteiger partial charge in [0.2, 0.25) is 0 Å². The molecule has 0 bridgehead atoms. The topological polar surface area (TPSA) is 108 Å². The van der Waals surface area contributed by atoms with Crippen molar-refractivity contribution < 1.29 is 13.5 Å². The molecule has 0 aliphatic rings. The standard InChI is InChI=1S/C18H13ClN4O3S2/c19-11-4-3-5-12(8-11)28(25,26)23-15-9-16(27-18-20-10-21-22-18)17(24)14-7-2-1-6-13(14)15/h1-10,23-24H,(H,20,21,22). The number of nitrogens with one attached hydrogen (secondary N) is 2. The minimum atomic E-state index is -3.88. The lowest BCUT2D eigenvalue weighted by molar-refractivity contribution is 0.469. The Hall–Kier alpha value is -2.75. The Balaban J connectivity index is 1.83. The fourth-order valence-electron chi connectivity index (χ4n) is 2.68. The van der Waals surface area contributed by atoms with E-state index < -0.39 is 10.0 Å². The van der Waals surface area contributed by atoms with E-state index in [4.69, 9.17) is 11.6 Å². The second kappa shape index (κ2) is 7.34. The van der Waals surface area contributed by atoms with Crippen LogP contribution in [0.15, 0.2) is 75.9 Å². The number of rotatable bonds is 5. The van der Waals surface area contributed by atoms with Crippen molar-refractivity contribution in [3.05, 3.63) is 65.9 Å². The molecule has 1 aromatic heterocycles. The molecule has 0 aliphatic carbocycles. The van der Waals surface area contributed by atoms with E-state index in [9.17, 15) is 13.5 Å². The lowest BCUT2D eigenvalue weighted by Gasteiger charge is -2.14. The molecule has 7 nitrogen and oxygen atoms in total. The van der Waals surface area contributed by atoms with Gasteiger partial charge in [-0.1, -0.05) is 41.9 Å². The monoisotopic (exact) mass is 432 g/mol. The summed E-state index contributed by atoms with van der Waals surface area (Å²) in [6.07, 6.45) is 1.35. The molecule has 3 aromatic carbocycles. The van der Waals surface area contributed by atoms with Crippen LogP contribution in [0.2, 0.25) is 5.02 Å². The minimum absolute atomic E-state index is 0.0303. The lowest BCUT2D eigenvalue weighted by Crippen LogP contribution is -2.13. The molecule has 0 amide bonds. The summed E-state index contributed by atoms with van der Waals surface area (Å²) in [5, 5.41) is 19.0. The first-order valence-electron chi connectivity index (χ1n) is 8.00. The van der Waals surface area contributed by atoms with Crippen molar-refractivity contribution in [3.8, 4) is 5.75 Å². The third-order valence-electron chi connectivity index (χ3n) is 3.93. The summed E-state index contributed by atoms with van der Waals surface area (Å²) in [7, 11) is -3.88. The molecule has 28 heavy (non-hydrogen) atoms. The average molecular weight is 433 g/mol. The Kier molecular flexibility index (Phi) is 4.88. The summed E-state index contributed by atoms with van der Waals surface area (Å²) in [5.41, 5.74) is 0.329. The van der Waals surface area contributed by atoms with Crippen LogP contribution in [0, 0.1) is 0 Å². The zero-order chi connectivity index (χ0) is 19.7. The highest BCUT2D eigenvalue weighted by molar-refractivity contribution is 7.99. The smallest absolute Gasteiger partial charge is 0.261 e. The van der Waals surface area contributed by atoms with Crippen molar-refractivity contribution >= 4 is 49.8 Å². The maximum atomic E-state index is 12.8. The predicted octanol–water partition coefficient (Wildman–Crippen LogP) is 4.27. The molecule has 0 atom stereocenters. The van der Waals surface area contributed by atoms with Crippen molar-refractivity contribution in [2.75, 3.05) is 4.72 Å². The first-order valence-corrected chi connectivity index (χ1v) is 10.7. The summed E-state index contributed by atoms with van der Waals surface area (Å²) < 4.78 is 28.3. The molecule has 142 valence electrons. The Morgan fingerprint density at radius 2 is 1.86 bits per heavy atom. The minimum Gasteiger partial charge on any atom is -0.506 e. The van der Waals surface area contributed by atoms with Gasteiger partial charge in [0.1, 0.15) is 12.1 Å². The molecular formula is C18H13ClN4O3S2. The second-order valence-electron chi connectivity index (χ2n) is 5.77. The molecule has 0 unspecified atom stereocenters. The number of hydrogen-bond acceptors (Lipinski definition) is 6. The van der Waals surface area contributed by atoms with Crippen LogP contribution < -0.4 is 4.72 Å². The molecule has 4 aromatic rings. The quantitative estimate of drug-likeness (QED) is 0.406. The van der Waals surface area contributed by atoms with Gasteiger partial charge in [-0.2, -0.15) is 5.10 Å². The number of aromatic nitrogens is 3. The van der Waals surface area contributed by atoms with Gasteiger partial charge in [0, 0.05) is 15.8 Å². The van der Waals surface area contributed by atoms with E-state index in [-0.39, 0.29) is 10.6 Å². The summed E-state index contributed by atoms with van der Waals surface area (Å²) in [4.78, 5) is 4.50. The predicted molar refractivity (Wildman–Crippen MR) is 108 cm³/mol. The SMILES string of the molecule is O=S(=O)(Nc1cc(Sc2ncn[nH]2)c(O)c2ccccc12)c1cccc(Cl)c1. The molecular weight excluding hydrogens is 420 g/mol. The Labute approximate surface area is 169 Å². The van der Waals surface area contributed by atoms with Crippen LogP contribution in [0.1, 0.15) is 0 Å². The van der Waals surface area contributed by atoms with Crippen LogP contribution >= 0.6 is 23.4 Å². The molecule has 0 aliphatic heterocycles. The Morgan fingerprint density at radius 1 is 1.07 bits per heavy atom. The van der Waals surface area contributed by atoms with Crippen LogP contribution in [-0.4, -0.2) is 28.7 Å². The fraction of sp³-hybridized carbons (Fsp3) is 0. The third-order valence-corrected chi connectivity index (χ3v) is 6.45. The number of phenols is 1. The van der Waals surface area contributed by atoms with Crippen LogP contribution in [0.4, 0.5) is 5.69 Å². The highest BCUT2D eigenvalue weighted by Gasteiger charge is 2.19. The molecule has 1 heterocycles. The maximum Gasteiger partial charge on any atom is 0.261 e. The molecule has 0 spiro atoms. The number of H-pyrrole nitrogens is 1. The second-order valence-corrected chi connectivity index (χ2v) is 8.92. The van der Waals surface area contributed by atoms with Crippen LogP contribution in [0.25, 0.3) is 10.8 Å². The largest absolute Gasteiger partial charge is 0.506 e. The Bertz CT molecular complexity index is 1260. The highest BCUT2D eigenvalue weighted by Crippen LogP contribution is 2.42. The van der Waals surface area contributed by atoms with Crippen molar-refractivity contribution in [3.63, 3.8) is 0 Å². The van der Waals surface area contributed by atoms with Gasteiger partial charge in [-0.15, -0.1) is 0 Å². The molecule has 0 saturated heterocycles. The van der Waals surface area contributed by atoms with Gasteiger partial charge in [-0.3, -0.25) is 9.82 Å². The molecule has 0 radical (unpaired) electrons. The zero-order valence-electron chi connectivity index (χ0n) is 14.1. The summed E-state index contributed by atoms with van der Waals surface area (Å²) in [5.74, 6) is 0.0303. The van der Waals surface area contributed by atoms with Crippen LogP contribution in [0.3, 0.4) is 0 Å². The summed E-state index contributed by atoms with van der Waals surface area (Å²) in [6.45, 7) is 0. The third kappa shape index (κ3) is 3.64. The zero-order valence-corrected chi connectivity index (χ0v) is 16.5. The van der Waals surface area contributed by atoms with Crippen molar-refractivity contribution in [1.82, 2.24) is 15.2 Å². The average Bonchev–Trinajstić information content (AvgIpc) is 3.18. The van der Waals surface area contributed by atoms with E-state index in [2.05, 4.69) is 19.9 Å². The molecule has 0 saturated carbocycles. The van der Waals surface area contributed by atoms with Crippen molar-refractivity contribution in [2.45, 2.75) is 14.9 Å². The van der Waals surface area contributed by atoms with Gasteiger partial charge in [0.15, 0.2) is 5.16 Å². The van der Waals surface area contributed by atoms with E-state index >= 15 is 0 Å².